The van der Waals surface area contributed by atoms with Gasteiger partial charge >= 0.3 is 0 Å². The highest BCUT2D eigenvalue weighted by atomic mass is 16.2. The van der Waals surface area contributed by atoms with Crippen molar-refractivity contribution in [2.24, 2.45) is 0 Å². The van der Waals surface area contributed by atoms with Crippen molar-refractivity contribution >= 4 is 5.91 Å². The lowest BCUT2D eigenvalue weighted by Crippen LogP contribution is -2.48. The predicted molar refractivity (Wildman–Crippen MR) is 97.6 cm³/mol. The average Bonchev–Trinajstić information content (AvgIpc) is 2.64. The van der Waals surface area contributed by atoms with Crippen molar-refractivity contribution in [2.75, 3.05) is 39.8 Å². The summed E-state index contributed by atoms with van der Waals surface area (Å²) in [6, 6.07) is 13.0. The Morgan fingerprint density at radius 2 is 1.84 bits per heavy atom. The van der Waals surface area contributed by atoms with E-state index in [-0.39, 0.29) is 23.1 Å². The number of likely N-dealkylation sites (N-methyl/N-ethyl adjacent to an activating group) is 1. The molecule has 1 amide bonds. The summed E-state index contributed by atoms with van der Waals surface area (Å²) in [4.78, 5) is 31.7. The molecule has 2 heterocycles. The Hall–Kier alpha value is -2.44. The van der Waals surface area contributed by atoms with E-state index in [1.807, 2.05) is 30.3 Å². The second kappa shape index (κ2) is 8.09. The summed E-state index contributed by atoms with van der Waals surface area (Å²) < 4.78 is 0. The molecule has 0 aliphatic carbocycles. The third-order valence-corrected chi connectivity index (χ3v) is 4.61. The zero-order chi connectivity index (χ0) is 17.6. The molecule has 0 unspecified atom stereocenters. The van der Waals surface area contributed by atoms with E-state index in [0.29, 0.717) is 0 Å². The van der Waals surface area contributed by atoms with Crippen LogP contribution in [0, 0.1) is 0 Å². The smallest absolute Gasteiger partial charge is 0.260 e. The lowest BCUT2D eigenvalue weighted by Gasteiger charge is -2.35. The van der Waals surface area contributed by atoms with Crippen molar-refractivity contribution in [3.8, 4) is 0 Å². The topological polar surface area (TPSA) is 68.4 Å². The standard InChI is InChI=1S/C19H24N4O2/c1-22-10-12-23(13-11-22)14-17(15-6-3-2-4-7-15)21-19(25)16-8-5-9-20-18(16)24/h2-9,17H,10-14H2,1H3,(H,20,24)(H,21,25)/t17-/m1/s1. The van der Waals surface area contributed by atoms with E-state index >= 15 is 0 Å². The van der Waals surface area contributed by atoms with Crippen molar-refractivity contribution < 1.29 is 4.79 Å². The van der Waals surface area contributed by atoms with E-state index < -0.39 is 0 Å². The summed E-state index contributed by atoms with van der Waals surface area (Å²) in [6.45, 7) is 4.72. The molecule has 6 nitrogen and oxygen atoms in total. The number of nitrogens with zero attached hydrogens (tertiary/aromatic N) is 2. The maximum atomic E-state index is 12.6. The Kier molecular flexibility index (Phi) is 5.63. The second-order valence-corrected chi connectivity index (χ2v) is 6.45. The van der Waals surface area contributed by atoms with Gasteiger partial charge in [0.05, 0.1) is 6.04 Å². The minimum absolute atomic E-state index is 0.141. The van der Waals surface area contributed by atoms with Crippen LogP contribution in [0.25, 0.3) is 0 Å². The molecule has 6 heteroatoms. The summed E-state index contributed by atoms with van der Waals surface area (Å²) in [5, 5.41) is 3.03. The summed E-state index contributed by atoms with van der Waals surface area (Å²) in [7, 11) is 2.12. The van der Waals surface area contributed by atoms with Gasteiger partial charge in [0.25, 0.3) is 11.5 Å². The van der Waals surface area contributed by atoms with Gasteiger partial charge in [0.2, 0.25) is 0 Å². The lowest BCUT2D eigenvalue weighted by molar-refractivity contribution is 0.0905. The Morgan fingerprint density at radius 3 is 2.52 bits per heavy atom. The second-order valence-electron chi connectivity index (χ2n) is 6.45. The maximum absolute atomic E-state index is 12.6. The first-order valence-corrected chi connectivity index (χ1v) is 8.58. The molecular formula is C19H24N4O2. The first kappa shape index (κ1) is 17.4. The number of rotatable bonds is 5. The highest BCUT2D eigenvalue weighted by Crippen LogP contribution is 2.16. The summed E-state index contributed by atoms with van der Waals surface area (Å²) in [5.74, 6) is -0.343. The van der Waals surface area contributed by atoms with E-state index in [1.54, 1.807) is 12.1 Å². The third kappa shape index (κ3) is 4.55. The zero-order valence-electron chi connectivity index (χ0n) is 14.4. The number of pyridine rings is 1. The molecule has 3 rings (SSSR count). The van der Waals surface area contributed by atoms with Crippen molar-refractivity contribution in [1.82, 2.24) is 20.1 Å². The average molecular weight is 340 g/mol. The number of hydrogen-bond acceptors (Lipinski definition) is 4. The number of nitrogens with one attached hydrogen (secondary N) is 2. The first-order chi connectivity index (χ1) is 12.1. The Labute approximate surface area is 147 Å². The number of H-pyrrole nitrogens is 1. The van der Waals surface area contributed by atoms with Crippen molar-refractivity contribution in [3.05, 3.63) is 70.1 Å². The van der Waals surface area contributed by atoms with E-state index in [4.69, 9.17) is 0 Å². The van der Waals surface area contributed by atoms with Crippen LogP contribution in [0.2, 0.25) is 0 Å². The fourth-order valence-corrected chi connectivity index (χ4v) is 3.04. The van der Waals surface area contributed by atoms with Gasteiger partial charge in [-0.1, -0.05) is 30.3 Å². The van der Waals surface area contributed by atoms with Gasteiger partial charge in [-0.3, -0.25) is 14.5 Å². The zero-order valence-corrected chi connectivity index (χ0v) is 14.4. The fourth-order valence-electron chi connectivity index (χ4n) is 3.04. The minimum Gasteiger partial charge on any atom is -0.344 e. The highest BCUT2D eigenvalue weighted by Gasteiger charge is 2.22. The third-order valence-electron chi connectivity index (χ3n) is 4.61. The van der Waals surface area contributed by atoms with Crippen LogP contribution in [0.3, 0.4) is 0 Å². The number of carbonyl (C=O) groups excluding carboxylic acids is 1. The highest BCUT2D eigenvalue weighted by molar-refractivity contribution is 5.94. The number of aromatic amines is 1. The van der Waals surface area contributed by atoms with Crippen LogP contribution in [-0.2, 0) is 0 Å². The monoisotopic (exact) mass is 340 g/mol. The number of amides is 1. The molecule has 1 atom stereocenters. The largest absolute Gasteiger partial charge is 0.344 e. The number of benzene rings is 1. The fraction of sp³-hybridized carbons (Fsp3) is 0.368. The van der Waals surface area contributed by atoms with Gasteiger partial charge < -0.3 is 15.2 Å². The molecule has 1 aromatic carbocycles. The van der Waals surface area contributed by atoms with Crippen molar-refractivity contribution in [3.63, 3.8) is 0 Å². The predicted octanol–water partition coefficient (Wildman–Crippen LogP) is 1.09. The molecule has 2 aromatic rings. The number of aromatic nitrogens is 1. The molecule has 0 radical (unpaired) electrons. The van der Waals surface area contributed by atoms with Crippen LogP contribution in [0.1, 0.15) is 22.0 Å². The molecular weight excluding hydrogens is 316 g/mol. The van der Waals surface area contributed by atoms with Crippen LogP contribution >= 0.6 is 0 Å². The summed E-state index contributed by atoms with van der Waals surface area (Å²) >= 11 is 0. The Balaban J connectivity index is 1.76. The summed E-state index contributed by atoms with van der Waals surface area (Å²) in [5.41, 5.74) is 0.815. The molecule has 1 aliphatic rings. The van der Waals surface area contributed by atoms with Gasteiger partial charge in [-0.2, -0.15) is 0 Å². The van der Waals surface area contributed by atoms with Gasteiger partial charge in [0.15, 0.2) is 0 Å². The molecule has 0 saturated carbocycles. The molecule has 25 heavy (non-hydrogen) atoms. The number of piperazine rings is 1. The molecule has 0 spiro atoms. The molecule has 1 aliphatic heterocycles. The van der Waals surface area contributed by atoms with Gasteiger partial charge in [-0.15, -0.1) is 0 Å². The Bertz CT molecular complexity index is 751. The molecule has 2 N–H and O–H groups in total. The van der Waals surface area contributed by atoms with Crippen LogP contribution in [-0.4, -0.2) is 60.5 Å². The summed E-state index contributed by atoms with van der Waals surface area (Å²) in [6.07, 6.45) is 1.53. The molecule has 132 valence electrons. The van der Waals surface area contributed by atoms with Crippen LogP contribution in [0.15, 0.2) is 53.5 Å². The van der Waals surface area contributed by atoms with Crippen LogP contribution in [0.4, 0.5) is 0 Å². The Morgan fingerprint density at radius 1 is 1.12 bits per heavy atom. The SMILES string of the molecule is CN1CCN(C[C@@H](NC(=O)c2ccc[nH]c2=O)c2ccccc2)CC1. The quantitative estimate of drug-likeness (QED) is 0.855. The van der Waals surface area contributed by atoms with Crippen LogP contribution < -0.4 is 10.9 Å². The first-order valence-electron chi connectivity index (χ1n) is 8.58. The van der Waals surface area contributed by atoms with Gasteiger partial charge in [0.1, 0.15) is 5.56 Å². The normalized spacial score (nSPS) is 17.2. The molecule has 0 bridgehead atoms. The molecule has 1 fully saturated rings. The van der Waals surface area contributed by atoms with Gasteiger partial charge in [0, 0.05) is 38.9 Å². The van der Waals surface area contributed by atoms with E-state index in [9.17, 15) is 9.59 Å². The van der Waals surface area contributed by atoms with Crippen molar-refractivity contribution in [2.45, 2.75) is 6.04 Å². The van der Waals surface area contributed by atoms with Gasteiger partial charge in [-0.05, 0) is 24.7 Å². The molecule has 1 saturated heterocycles. The number of hydrogen-bond donors (Lipinski definition) is 2. The number of carbonyl (C=O) groups is 1. The lowest BCUT2D eigenvalue weighted by atomic mass is 10.1. The molecule has 1 aromatic heterocycles. The minimum atomic E-state index is -0.369. The maximum Gasteiger partial charge on any atom is 0.260 e. The van der Waals surface area contributed by atoms with Crippen LogP contribution in [0.5, 0.6) is 0 Å². The van der Waals surface area contributed by atoms with Gasteiger partial charge in [-0.25, -0.2) is 0 Å². The van der Waals surface area contributed by atoms with Crippen molar-refractivity contribution in [1.29, 1.82) is 0 Å². The van der Waals surface area contributed by atoms with E-state index in [1.165, 1.54) is 6.20 Å². The van der Waals surface area contributed by atoms with E-state index in [2.05, 4.69) is 27.1 Å². The van der Waals surface area contributed by atoms with E-state index in [0.717, 1.165) is 38.3 Å².